The standard InChI is InChI=1S/C17H25N3O2/c1-19-15(17(21)18-8-12-4-5-12)7-13-9-20(11-16(13)19)10-14-3-2-6-22-14/h2-3,6,12-13,15-16H,4-5,7-11H2,1H3,(H,18,21)/t13-,15+,16+/m1/s1. The van der Waals surface area contributed by atoms with E-state index in [1.165, 1.54) is 12.8 Å². The Labute approximate surface area is 131 Å². The molecule has 0 unspecified atom stereocenters. The lowest BCUT2D eigenvalue weighted by Crippen LogP contribution is -2.46. The summed E-state index contributed by atoms with van der Waals surface area (Å²) >= 11 is 0. The van der Waals surface area contributed by atoms with Gasteiger partial charge in [0.25, 0.3) is 0 Å². The second-order valence-corrected chi connectivity index (χ2v) is 7.21. The van der Waals surface area contributed by atoms with Gasteiger partial charge in [0.15, 0.2) is 0 Å². The summed E-state index contributed by atoms with van der Waals surface area (Å²) in [5.74, 6) is 2.62. The molecular weight excluding hydrogens is 278 g/mol. The highest BCUT2D eigenvalue weighted by atomic mass is 16.3. The molecule has 0 aromatic carbocycles. The third-order valence-corrected chi connectivity index (χ3v) is 5.55. The smallest absolute Gasteiger partial charge is 0.237 e. The van der Waals surface area contributed by atoms with E-state index in [2.05, 4.69) is 22.2 Å². The molecule has 3 heterocycles. The second kappa shape index (κ2) is 5.70. The predicted octanol–water partition coefficient (Wildman–Crippen LogP) is 1.31. The third-order valence-electron chi connectivity index (χ3n) is 5.55. The van der Waals surface area contributed by atoms with Gasteiger partial charge in [0.2, 0.25) is 5.91 Å². The Hall–Kier alpha value is -1.33. The Balaban J connectivity index is 1.31. The van der Waals surface area contributed by atoms with Crippen LogP contribution in [0, 0.1) is 11.8 Å². The number of rotatable bonds is 5. The van der Waals surface area contributed by atoms with Crippen LogP contribution in [0.2, 0.25) is 0 Å². The van der Waals surface area contributed by atoms with Crippen LogP contribution < -0.4 is 5.32 Å². The number of likely N-dealkylation sites (N-methyl/N-ethyl adjacent to an activating group) is 1. The first-order valence-corrected chi connectivity index (χ1v) is 8.45. The number of furan rings is 1. The molecule has 1 aliphatic carbocycles. The van der Waals surface area contributed by atoms with Crippen molar-refractivity contribution >= 4 is 5.91 Å². The molecule has 1 aromatic rings. The maximum absolute atomic E-state index is 12.4. The summed E-state index contributed by atoms with van der Waals surface area (Å²) < 4.78 is 5.44. The van der Waals surface area contributed by atoms with Crippen molar-refractivity contribution in [3.05, 3.63) is 24.2 Å². The minimum Gasteiger partial charge on any atom is -0.468 e. The number of amides is 1. The second-order valence-electron chi connectivity index (χ2n) is 7.21. The van der Waals surface area contributed by atoms with Gasteiger partial charge in [-0.2, -0.15) is 0 Å². The molecule has 0 radical (unpaired) electrons. The molecule has 1 N–H and O–H groups in total. The highest BCUT2D eigenvalue weighted by molar-refractivity contribution is 5.82. The molecule has 5 nitrogen and oxygen atoms in total. The Bertz CT molecular complexity index is 526. The summed E-state index contributed by atoms with van der Waals surface area (Å²) in [4.78, 5) is 17.1. The maximum atomic E-state index is 12.4. The number of nitrogens with zero attached hydrogens (tertiary/aromatic N) is 2. The number of likely N-dealkylation sites (tertiary alicyclic amines) is 2. The van der Waals surface area contributed by atoms with E-state index in [0.717, 1.165) is 44.3 Å². The molecule has 3 atom stereocenters. The van der Waals surface area contributed by atoms with Crippen LogP contribution >= 0.6 is 0 Å². The molecule has 1 aromatic heterocycles. The topological polar surface area (TPSA) is 48.7 Å². The third kappa shape index (κ3) is 2.79. The van der Waals surface area contributed by atoms with Crippen molar-refractivity contribution in [3.8, 4) is 0 Å². The van der Waals surface area contributed by atoms with Gasteiger partial charge >= 0.3 is 0 Å². The quantitative estimate of drug-likeness (QED) is 0.891. The molecule has 0 spiro atoms. The highest BCUT2D eigenvalue weighted by Gasteiger charge is 2.47. The molecule has 0 bridgehead atoms. The minimum absolute atomic E-state index is 0.0690. The summed E-state index contributed by atoms with van der Waals surface area (Å²) in [6.07, 6.45) is 5.30. The molecular formula is C17H25N3O2. The molecule has 120 valence electrons. The number of carbonyl (C=O) groups excluding carboxylic acids is 1. The van der Waals surface area contributed by atoms with Crippen LogP contribution in [-0.4, -0.2) is 54.5 Å². The summed E-state index contributed by atoms with van der Waals surface area (Å²) in [6.45, 7) is 3.87. The van der Waals surface area contributed by atoms with Crippen molar-refractivity contribution in [1.82, 2.24) is 15.1 Å². The lowest BCUT2D eigenvalue weighted by atomic mass is 10.0. The first-order chi connectivity index (χ1) is 10.7. The summed E-state index contributed by atoms with van der Waals surface area (Å²) in [5.41, 5.74) is 0. The normalized spacial score (nSPS) is 32.3. The van der Waals surface area contributed by atoms with E-state index in [-0.39, 0.29) is 11.9 Å². The van der Waals surface area contributed by atoms with Gasteiger partial charge in [-0.05, 0) is 50.3 Å². The fourth-order valence-corrected chi connectivity index (χ4v) is 4.05. The minimum atomic E-state index is 0.0690. The van der Waals surface area contributed by atoms with Crippen LogP contribution in [0.25, 0.3) is 0 Å². The molecule has 1 amide bonds. The number of nitrogens with one attached hydrogen (secondary N) is 1. The van der Waals surface area contributed by atoms with E-state index in [4.69, 9.17) is 4.42 Å². The number of hydrogen-bond donors (Lipinski definition) is 1. The van der Waals surface area contributed by atoms with Crippen LogP contribution in [0.4, 0.5) is 0 Å². The summed E-state index contributed by atoms with van der Waals surface area (Å²) in [6, 6.07) is 4.55. The Morgan fingerprint density at radius 3 is 2.95 bits per heavy atom. The van der Waals surface area contributed by atoms with Crippen LogP contribution in [0.3, 0.4) is 0 Å². The number of hydrogen-bond acceptors (Lipinski definition) is 4. The lowest BCUT2D eigenvalue weighted by Gasteiger charge is -2.25. The van der Waals surface area contributed by atoms with Crippen molar-refractivity contribution in [1.29, 1.82) is 0 Å². The van der Waals surface area contributed by atoms with Gasteiger partial charge in [-0.1, -0.05) is 0 Å². The molecule has 5 heteroatoms. The SMILES string of the molecule is CN1[C@H](C(=O)NCC2CC2)C[C@@H]2CN(Cc3ccco3)C[C@@H]21. The van der Waals surface area contributed by atoms with Crippen molar-refractivity contribution in [3.63, 3.8) is 0 Å². The number of carbonyl (C=O) groups is 1. The maximum Gasteiger partial charge on any atom is 0.237 e. The average molecular weight is 303 g/mol. The van der Waals surface area contributed by atoms with E-state index >= 15 is 0 Å². The van der Waals surface area contributed by atoms with E-state index in [0.29, 0.717) is 12.0 Å². The van der Waals surface area contributed by atoms with Crippen molar-refractivity contribution in [2.24, 2.45) is 11.8 Å². The largest absolute Gasteiger partial charge is 0.468 e. The van der Waals surface area contributed by atoms with Gasteiger partial charge in [0, 0.05) is 25.7 Å². The van der Waals surface area contributed by atoms with Crippen molar-refractivity contribution in [2.75, 3.05) is 26.7 Å². The van der Waals surface area contributed by atoms with Gasteiger partial charge in [0.05, 0.1) is 18.8 Å². The monoisotopic (exact) mass is 303 g/mol. The molecule has 2 aliphatic heterocycles. The van der Waals surface area contributed by atoms with Gasteiger partial charge < -0.3 is 9.73 Å². The van der Waals surface area contributed by atoms with Gasteiger partial charge in [0.1, 0.15) is 5.76 Å². The molecule has 3 fully saturated rings. The molecule has 22 heavy (non-hydrogen) atoms. The zero-order valence-corrected chi connectivity index (χ0v) is 13.2. The van der Waals surface area contributed by atoms with Crippen molar-refractivity contribution in [2.45, 2.75) is 37.9 Å². The van der Waals surface area contributed by atoms with Crippen LogP contribution in [0.5, 0.6) is 0 Å². The Morgan fingerprint density at radius 1 is 1.41 bits per heavy atom. The first kappa shape index (κ1) is 14.3. The number of fused-ring (bicyclic) bond motifs is 1. The molecule has 4 rings (SSSR count). The predicted molar refractivity (Wildman–Crippen MR) is 83.2 cm³/mol. The zero-order chi connectivity index (χ0) is 15.1. The molecule has 3 aliphatic rings. The van der Waals surface area contributed by atoms with Gasteiger partial charge in [-0.3, -0.25) is 14.6 Å². The fraction of sp³-hybridized carbons (Fsp3) is 0.706. The summed E-state index contributed by atoms with van der Waals surface area (Å²) in [7, 11) is 2.11. The first-order valence-electron chi connectivity index (χ1n) is 8.45. The van der Waals surface area contributed by atoms with Gasteiger partial charge in [-0.25, -0.2) is 0 Å². The van der Waals surface area contributed by atoms with Crippen molar-refractivity contribution < 1.29 is 9.21 Å². The average Bonchev–Trinajstić information content (AvgIpc) is 2.90. The Kier molecular flexibility index (Phi) is 3.70. The van der Waals surface area contributed by atoms with Crippen LogP contribution in [0.15, 0.2) is 22.8 Å². The Morgan fingerprint density at radius 2 is 2.27 bits per heavy atom. The molecule has 2 saturated heterocycles. The fourth-order valence-electron chi connectivity index (χ4n) is 4.05. The highest BCUT2D eigenvalue weighted by Crippen LogP contribution is 2.35. The van der Waals surface area contributed by atoms with E-state index in [9.17, 15) is 4.79 Å². The lowest BCUT2D eigenvalue weighted by molar-refractivity contribution is -0.125. The van der Waals surface area contributed by atoms with Crippen LogP contribution in [-0.2, 0) is 11.3 Å². The van der Waals surface area contributed by atoms with E-state index in [1.54, 1.807) is 6.26 Å². The van der Waals surface area contributed by atoms with E-state index < -0.39 is 0 Å². The summed E-state index contributed by atoms with van der Waals surface area (Å²) in [5, 5.41) is 3.14. The van der Waals surface area contributed by atoms with Crippen LogP contribution in [0.1, 0.15) is 25.0 Å². The zero-order valence-electron chi connectivity index (χ0n) is 13.2. The van der Waals surface area contributed by atoms with Gasteiger partial charge in [-0.15, -0.1) is 0 Å². The molecule has 1 saturated carbocycles. The van der Waals surface area contributed by atoms with E-state index in [1.807, 2.05) is 12.1 Å².